The topological polar surface area (TPSA) is 79.8 Å². The second-order valence-electron chi connectivity index (χ2n) is 7.42. The van der Waals surface area contributed by atoms with Crippen LogP contribution in [0.4, 0.5) is 0 Å². The summed E-state index contributed by atoms with van der Waals surface area (Å²) in [6, 6.07) is 11.5. The van der Waals surface area contributed by atoms with Crippen molar-refractivity contribution in [3.63, 3.8) is 0 Å². The van der Waals surface area contributed by atoms with Gasteiger partial charge < -0.3 is 15.4 Å². The molecule has 0 fully saturated rings. The Kier molecular flexibility index (Phi) is 8.72. The largest absolute Gasteiger partial charge is 0.493 e. The summed E-state index contributed by atoms with van der Waals surface area (Å²) in [6.07, 6.45) is 2.07. The van der Waals surface area contributed by atoms with Crippen molar-refractivity contribution >= 4 is 15.8 Å². The molecule has 2 N–H and O–H groups in total. The lowest BCUT2D eigenvalue weighted by Gasteiger charge is -2.14. The van der Waals surface area contributed by atoms with Gasteiger partial charge >= 0.3 is 0 Å². The highest BCUT2D eigenvalue weighted by Crippen LogP contribution is 2.22. The lowest BCUT2D eigenvalue weighted by molar-refractivity contribution is 0.307. The van der Waals surface area contributed by atoms with Gasteiger partial charge in [-0.3, -0.25) is 0 Å². The number of nitrogens with one attached hydrogen (secondary N) is 2. The van der Waals surface area contributed by atoms with Gasteiger partial charge in [0.25, 0.3) is 0 Å². The van der Waals surface area contributed by atoms with Gasteiger partial charge in [-0.1, -0.05) is 30.3 Å². The highest BCUT2D eigenvalue weighted by molar-refractivity contribution is 7.90. The molecule has 0 bridgehead atoms. The normalized spacial score (nSPS) is 12.0. The zero-order valence-corrected chi connectivity index (χ0v) is 19.4. The standard InChI is InChI=1S/C23H33N3O3S/c1-6-24-23(25-13-8-14-29-22-17(2)9-7-10-18(22)3)26-16-20-11-12-21(19(4)15-20)30(5,27)28/h7,9-12,15H,6,8,13-14,16H2,1-5H3,(H2,24,25,26). The summed E-state index contributed by atoms with van der Waals surface area (Å²) < 4.78 is 29.5. The number of sulfone groups is 1. The molecule has 2 rings (SSSR count). The number of hydrogen-bond acceptors (Lipinski definition) is 4. The molecule has 0 aliphatic carbocycles. The molecular weight excluding hydrogens is 398 g/mol. The van der Waals surface area contributed by atoms with Gasteiger partial charge in [0.1, 0.15) is 5.75 Å². The molecule has 2 aromatic carbocycles. The summed E-state index contributed by atoms with van der Waals surface area (Å²) in [7, 11) is -3.21. The summed E-state index contributed by atoms with van der Waals surface area (Å²) in [5, 5.41) is 6.55. The maximum atomic E-state index is 11.8. The Morgan fingerprint density at radius 1 is 1.03 bits per heavy atom. The third kappa shape index (κ3) is 7.06. The van der Waals surface area contributed by atoms with Gasteiger partial charge in [0.05, 0.1) is 18.0 Å². The van der Waals surface area contributed by atoms with E-state index in [-0.39, 0.29) is 0 Å². The minimum absolute atomic E-state index is 0.365. The van der Waals surface area contributed by atoms with Crippen molar-refractivity contribution in [1.82, 2.24) is 10.6 Å². The van der Waals surface area contributed by atoms with Crippen LogP contribution in [0.5, 0.6) is 5.75 Å². The van der Waals surface area contributed by atoms with Crippen LogP contribution in [-0.4, -0.2) is 40.3 Å². The van der Waals surface area contributed by atoms with E-state index in [2.05, 4.69) is 41.6 Å². The molecule has 0 radical (unpaired) electrons. The van der Waals surface area contributed by atoms with E-state index >= 15 is 0 Å². The number of para-hydroxylation sites is 1. The van der Waals surface area contributed by atoms with Crippen LogP contribution >= 0.6 is 0 Å². The van der Waals surface area contributed by atoms with Gasteiger partial charge in [-0.2, -0.15) is 0 Å². The van der Waals surface area contributed by atoms with Crippen molar-refractivity contribution in [3.8, 4) is 5.75 Å². The monoisotopic (exact) mass is 431 g/mol. The van der Waals surface area contributed by atoms with Gasteiger partial charge in [-0.25, -0.2) is 13.4 Å². The molecule has 0 saturated carbocycles. The van der Waals surface area contributed by atoms with E-state index in [1.54, 1.807) is 6.07 Å². The van der Waals surface area contributed by atoms with Crippen LogP contribution in [0.25, 0.3) is 0 Å². The summed E-state index contributed by atoms with van der Waals surface area (Å²) >= 11 is 0. The number of hydrogen-bond donors (Lipinski definition) is 2. The number of guanidine groups is 1. The van der Waals surface area contributed by atoms with E-state index in [0.717, 1.165) is 53.5 Å². The minimum atomic E-state index is -3.21. The first-order valence-electron chi connectivity index (χ1n) is 10.2. The van der Waals surface area contributed by atoms with Gasteiger partial charge in [-0.05, 0) is 62.4 Å². The fraction of sp³-hybridized carbons (Fsp3) is 0.435. The van der Waals surface area contributed by atoms with Gasteiger partial charge in [0.15, 0.2) is 15.8 Å². The van der Waals surface area contributed by atoms with Gasteiger partial charge in [0.2, 0.25) is 0 Å². The molecule has 0 spiro atoms. The lowest BCUT2D eigenvalue weighted by atomic mass is 10.1. The van der Waals surface area contributed by atoms with E-state index in [1.807, 2.05) is 32.0 Å². The van der Waals surface area contributed by atoms with Crippen molar-refractivity contribution in [2.24, 2.45) is 4.99 Å². The first-order chi connectivity index (χ1) is 14.2. The van der Waals surface area contributed by atoms with E-state index in [9.17, 15) is 8.42 Å². The number of nitrogens with zero attached hydrogens (tertiary/aromatic N) is 1. The minimum Gasteiger partial charge on any atom is -0.493 e. The predicted molar refractivity (Wildman–Crippen MR) is 123 cm³/mol. The fourth-order valence-electron chi connectivity index (χ4n) is 3.22. The number of benzene rings is 2. The molecule has 0 aliphatic heterocycles. The number of aryl methyl sites for hydroxylation is 3. The van der Waals surface area contributed by atoms with Crippen LogP contribution in [-0.2, 0) is 16.4 Å². The van der Waals surface area contributed by atoms with Crippen molar-refractivity contribution in [3.05, 3.63) is 58.7 Å². The quantitative estimate of drug-likeness (QED) is 0.361. The smallest absolute Gasteiger partial charge is 0.191 e. The van der Waals surface area contributed by atoms with Crippen LogP contribution < -0.4 is 15.4 Å². The molecule has 0 aliphatic rings. The van der Waals surface area contributed by atoms with Crippen LogP contribution in [0, 0.1) is 20.8 Å². The molecule has 164 valence electrons. The molecule has 0 saturated heterocycles. The highest BCUT2D eigenvalue weighted by atomic mass is 32.2. The second-order valence-corrected chi connectivity index (χ2v) is 9.40. The second kappa shape index (κ2) is 11.0. The SMILES string of the molecule is CCNC(=NCc1ccc(S(C)(=O)=O)c(C)c1)NCCCOc1c(C)cccc1C. The zero-order chi connectivity index (χ0) is 22.1. The first kappa shape index (κ1) is 23.7. The van der Waals surface area contributed by atoms with Crippen LogP contribution in [0.2, 0.25) is 0 Å². The maximum absolute atomic E-state index is 11.8. The first-order valence-corrected chi connectivity index (χ1v) is 12.1. The molecule has 7 heteroatoms. The molecule has 0 heterocycles. The Morgan fingerprint density at radius 3 is 2.33 bits per heavy atom. The Labute approximate surface area is 180 Å². The van der Waals surface area contributed by atoms with E-state index in [4.69, 9.17) is 4.74 Å². The van der Waals surface area contributed by atoms with Crippen molar-refractivity contribution in [2.75, 3.05) is 26.0 Å². The van der Waals surface area contributed by atoms with Gasteiger partial charge in [0, 0.05) is 19.3 Å². The summed E-state index contributed by atoms with van der Waals surface area (Å²) in [4.78, 5) is 4.97. The highest BCUT2D eigenvalue weighted by Gasteiger charge is 2.10. The molecule has 30 heavy (non-hydrogen) atoms. The van der Waals surface area contributed by atoms with E-state index < -0.39 is 9.84 Å². The number of aliphatic imine (C=N–C) groups is 1. The molecule has 0 unspecified atom stereocenters. The Morgan fingerprint density at radius 2 is 1.73 bits per heavy atom. The summed E-state index contributed by atoms with van der Waals surface area (Å²) in [6.45, 7) is 10.5. The van der Waals surface area contributed by atoms with E-state index in [0.29, 0.717) is 18.0 Å². The Hall–Kier alpha value is -2.54. The number of ether oxygens (including phenoxy) is 1. The molecule has 0 atom stereocenters. The van der Waals surface area contributed by atoms with Crippen LogP contribution in [0.15, 0.2) is 46.3 Å². The molecule has 6 nitrogen and oxygen atoms in total. The van der Waals surface area contributed by atoms with Crippen molar-refractivity contribution in [2.45, 2.75) is 45.6 Å². The molecular formula is C23H33N3O3S. The molecule has 0 aromatic heterocycles. The predicted octanol–water partition coefficient (Wildman–Crippen LogP) is 3.54. The number of rotatable bonds is 9. The van der Waals surface area contributed by atoms with Crippen LogP contribution in [0.3, 0.4) is 0 Å². The third-order valence-corrected chi connectivity index (χ3v) is 5.93. The van der Waals surface area contributed by atoms with Gasteiger partial charge in [-0.15, -0.1) is 0 Å². The average Bonchev–Trinajstić information content (AvgIpc) is 2.66. The Bertz CT molecular complexity index is 965. The molecule has 2 aromatic rings. The fourth-order valence-corrected chi connectivity index (χ4v) is 4.18. The molecule has 0 amide bonds. The lowest BCUT2D eigenvalue weighted by Crippen LogP contribution is -2.38. The summed E-state index contributed by atoms with van der Waals surface area (Å²) in [5.74, 6) is 1.69. The van der Waals surface area contributed by atoms with Crippen molar-refractivity contribution < 1.29 is 13.2 Å². The summed E-state index contributed by atoms with van der Waals surface area (Å²) in [5.41, 5.74) is 4.01. The Balaban J connectivity index is 1.88. The third-order valence-electron chi connectivity index (χ3n) is 4.67. The zero-order valence-electron chi connectivity index (χ0n) is 18.6. The van der Waals surface area contributed by atoms with E-state index in [1.165, 1.54) is 6.26 Å². The average molecular weight is 432 g/mol. The van der Waals surface area contributed by atoms with Crippen LogP contribution in [0.1, 0.15) is 35.6 Å². The van der Waals surface area contributed by atoms with Crippen molar-refractivity contribution in [1.29, 1.82) is 0 Å². The maximum Gasteiger partial charge on any atom is 0.191 e.